The SMILES string of the molecule is Cc1c(N)cccc1C(=O)Nc1cc(F)c(Br)cc1F. The number of rotatable bonds is 2. The van der Waals surface area contributed by atoms with Gasteiger partial charge in [-0.05, 0) is 46.6 Å². The van der Waals surface area contributed by atoms with Crippen molar-refractivity contribution in [3.05, 3.63) is 57.6 Å². The van der Waals surface area contributed by atoms with Gasteiger partial charge in [-0.2, -0.15) is 0 Å². The summed E-state index contributed by atoms with van der Waals surface area (Å²) >= 11 is 2.87. The summed E-state index contributed by atoms with van der Waals surface area (Å²) in [6.07, 6.45) is 0. The zero-order chi connectivity index (χ0) is 14.9. The molecule has 0 aromatic heterocycles. The third-order valence-corrected chi connectivity index (χ3v) is 3.49. The van der Waals surface area contributed by atoms with Crippen LogP contribution in [0.1, 0.15) is 15.9 Å². The molecule has 0 saturated heterocycles. The largest absolute Gasteiger partial charge is 0.398 e. The molecule has 2 aromatic rings. The number of benzene rings is 2. The fourth-order valence-corrected chi connectivity index (χ4v) is 2.02. The van der Waals surface area contributed by atoms with Gasteiger partial charge in [-0.1, -0.05) is 6.07 Å². The topological polar surface area (TPSA) is 55.1 Å². The summed E-state index contributed by atoms with van der Waals surface area (Å²) in [5.74, 6) is -1.94. The maximum atomic E-state index is 13.7. The van der Waals surface area contributed by atoms with Crippen molar-refractivity contribution in [3.63, 3.8) is 0 Å². The van der Waals surface area contributed by atoms with Crippen molar-refractivity contribution in [2.75, 3.05) is 11.1 Å². The summed E-state index contributed by atoms with van der Waals surface area (Å²) < 4.78 is 27.0. The van der Waals surface area contributed by atoms with Crippen molar-refractivity contribution in [2.24, 2.45) is 0 Å². The molecule has 3 nitrogen and oxygen atoms in total. The number of hydrogen-bond acceptors (Lipinski definition) is 2. The number of carbonyl (C=O) groups is 1. The number of amides is 1. The van der Waals surface area contributed by atoms with Crippen LogP contribution in [0.2, 0.25) is 0 Å². The van der Waals surface area contributed by atoms with E-state index in [1.54, 1.807) is 25.1 Å². The van der Waals surface area contributed by atoms with Gasteiger partial charge in [0.25, 0.3) is 5.91 Å². The molecule has 1 amide bonds. The molecule has 0 spiro atoms. The number of carbonyl (C=O) groups excluding carboxylic acids is 1. The van der Waals surface area contributed by atoms with E-state index in [0.717, 1.165) is 12.1 Å². The highest BCUT2D eigenvalue weighted by Gasteiger charge is 2.14. The zero-order valence-corrected chi connectivity index (χ0v) is 12.1. The predicted octanol–water partition coefficient (Wildman–Crippen LogP) is 3.87. The Kier molecular flexibility index (Phi) is 4.04. The lowest BCUT2D eigenvalue weighted by atomic mass is 10.1. The van der Waals surface area contributed by atoms with Gasteiger partial charge in [0.15, 0.2) is 0 Å². The fraction of sp³-hybridized carbons (Fsp3) is 0.0714. The second kappa shape index (κ2) is 5.58. The standard InChI is InChI=1S/C14H11BrF2N2O/c1-7-8(3-2-4-12(7)18)14(20)19-13-6-10(16)9(15)5-11(13)17/h2-6H,18H2,1H3,(H,19,20). The van der Waals surface area contributed by atoms with Gasteiger partial charge in [-0.15, -0.1) is 0 Å². The number of nitrogen functional groups attached to an aromatic ring is 1. The molecule has 2 rings (SSSR count). The molecule has 0 fully saturated rings. The summed E-state index contributed by atoms with van der Waals surface area (Å²) in [6.45, 7) is 1.68. The summed E-state index contributed by atoms with van der Waals surface area (Å²) in [5.41, 5.74) is 6.84. The first kappa shape index (κ1) is 14.5. The van der Waals surface area contributed by atoms with E-state index in [1.165, 1.54) is 0 Å². The number of nitrogens with two attached hydrogens (primary N) is 1. The lowest BCUT2D eigenvalue weighted by Crippen LogP contribution is -2.15. The third-order valence-electron chi connectivity index (χ3n) is 2.88. The van der Waals surface area contributed by atoms with E-state index in [-0.39, 0.29) is 10.2 Å². The van der Waals surface area contributed by atoms with Crippen LogP contribution in [-0.4, -0.2) is 5.91 Å². The minimum atomic E-state index is -0.729. The van der Waals surface area contributed by atoms with Gasteiger partial charge in [0.1, 0.15) is 11.6 Å². The Balaban J connectivity index is 2.33. The van der Waals surface area contributed by atoms with Gasteiger partial charge in [0, 0.05) is 17.3 Å². The molecule has 0 unspecified atom stereocenters. The summed E-state index contributed by atoms with van der Waals surface area (Å²) in [7, 11) is 0. The highest BCUT2D eigenvalue weighted by molar-refractivity contribution is 9.10. The Morgan fingerprint density at radius 3 is 2.65 bits per heavy atom. The highest BCUT2D eigenvalue weighted by atomic mass is 79.9. The highest BCUT2D eigenvalue weighted by Crippen LogP contribution is 2.24. The molecular formula is C14H11BrF2N2O. The van der Waals surface area contributed by atoms with Crippen LogP contribution in [0, 0.1) is 18.6 Å². The number of anilines is 2. The molecule has 0 aliphatic carbocycles. The van der Waals surface area contributed by atoms with Gasteiger partial charge >= 0.3 is 0 Å². The summed E-state index contributed by atoms with van der Waals surface area (Å²) in [4.78, 5) is 12.1. The van der Waals surface area contributed by atoms with Crippen LogP contribution in [0.15, 0.2) is 34.8 Å². The first-order valence-corrected chi connectivity index (χ1v) is 6.50. The summed E-state index contributed by atoms with van der Waals surface area (Å²) in [5, 5.41) is 2.33. The second-order valence-electron chi connectivity index (χ2n) is 4.22. The van der Waals surface area contributed by atoms with Crippen LogP contribution in [0.5, 0.6) is 0 Å². The van der Waals surface area contributed by atoms with E-state index in [9.17, 15) is 13.6 Å². The Morgan fingerprint density at radius 1 is 1.25 bits per heavy atom. The van der Waals surface area contributed by atoms with Crippen LogP contribution in [0.25, 0.3) is 0 Å². The quantitative estimate of drug-likeness (QED) is 0.644. The predicted molar refractivity (Wildman–Crippen MR) is 77.6 cm³/mol. The van der Waals surface area contributed by atoms with Crippen LogP contribution < -0.4 is 11.1 Å². The Hall–Kier alpha value is -1.95. The molecule has 3 N–H and O–H groups in total. The maximum Gasteiger partial charge on any atom is 0.256 e. The van der Waals surface area contributed by atoms with Crippen molar-refractivity contribution in [2.45, 2.75) is 6.92 Å². The molecular weight excluding hydrogens is 330 g/mol. The van der Waals surface area contributed by atoms with Gasteiger partial charge in [-0.25, -0.2) is 8.78 Å². The smallest absolute Gasteiger partial charge is 0.256 e. The van der Waals surface area contributed by atoms with Crippen molar-refractivity contribution < 1.29 is 13.6 Å². The lowest BCUT2D eigenvalue weighted by molar-refractivity contribution is 0.102. The number of nitrogens with one attached hydrogen (secondary N) is 1. The van der Waals surface area contributed by atoms with Crippen molar-refractivity contribution in [1.82, 2.24) is 0 Å². The molecule has 0 aliphatic rings. The minimum Gasteiger partial charge on any atom is -0.398 e. The van der Waals surface area contributed by atoms with Gasteiger partial charge in [0.05, 0.1) is 10.2 Å². The van der Waals surface area contributed by atoms with Crippen molar-refractivity contribution >= 4 is 33.2 Å². The van der Waals surface area contributed by atoms with Gasteiger partial charge < -0.3 is 11.1 Å². The van der Waals surface area contributed by atoms with Gasteiger partial charge in [0.2, 0.25) is 0 Å². The van der Waals surface area contributed by atoms with E-state index in [1.807, 2.05) is 0 Å². The van der Waals surface area contributed by atoms with Crippen LogP contribution in [0.3, 0.4) is 0 Å². The van der Waals surface area contributed by atoms with Gasteiger partial charge in [-0.3, -0.25) is 4.79 Å². The first-order chi connectivity index (χ1) is 9.40. The van der Waals surface area contributed by atoms with E-state index in [0.29, 0.717) is 16.8 Å². The molecule has 0 atom stereocenters. The Bertz CT molecular complexity index is 689. The van der Waals surface area contributed by atoms with E-state index >= 15 is 0 Å². The van der Waals surface area contributed by atoms with Crippen molar-refractivity contribution in [3.8, 4) is 0 Å². The molecule has 0 heterocycles. The minimum absolute atomic E-state index is 0.00636. The lowest BCUT2D eigenvalue weighted by Gasteiger charge is -2.10. The van der Waals surface area contributed by atoms with E-state index in [2.05, 4.69) is 21.2 Å². The molecule has 0 bridgehead atoms. The first-order valence-electron chi connectivity index (χ1n) is 5.71. The zero-order valence-electron chi connectivity index (χ0n) is 10.5. The average molecular weight is 341 g/mol. The molecule has 104 valence electrons. The summed E-state index contributed by atoms with van der Waals surface area (Å²) in [6, 6.07) is 6.71. The molecule has 0 saturated carbocycles. The molecule has 20 heavy (non-hydrogen) atoms. The van der Waals surface area contributed by atoms with Crippen molar-refractivity contribution in [1.29, 1.82) is 0 Å². The molecule has 0 radical (unpaired) electrons. The molecule has 0 aliphatic heterocycles. The maximum absolute atomic E-state index is 13.7. The second-order valence-corrected chi connectivity index (χ2v) is 5.07. The Labute approximate surface area is 122 Å². The normalized spacial score (nSPS) is 10.4. The third kappa shape index (κ3) is 2.80. The van der Waals surface area contributed by atoms with Crippen LogP contribution in [-0.2, 0) is 0 Å². The monoisotopic (exact) mass is 340 g/mol. The average Bonchev–Trinajstić information content (AvgIpc) is 2.39. The number of halogens is 3. The molecule has 2 aromatic carbocycles. The fourth-order valence-electron chi connectivity index (χ4n) is 1.71. The van der Waals surface area contributed by atoms with E-state index < -0.39 is 17.5 Å². The Morgan fingerprint density at radius 2 is 1.95 bits per heavy atom. The molecule has 6 heteroatoms. The van der Waals surface area contributed by atoms with Crippen LogP contribution in [0.4, 0.5) is 20.2 Å². The van der Waals surface area contributed by atoms with E-state index in [4.69, 9.17) is 5.73 Å². The van der Waals surface area contributed by atoms with Crippen LogP contribution >= 0.6 is 15.9 Å². The number of hydrogen-bond donors (Lipinski definition) is 2.